The molecule has 0 aliphatic carbocycles. The van der Waals surface area contributed by atoms with Gasteiger partial charge in [0.05, 0.1) is 20.1 Å². The van der Waals surface area contributed by atoms with Gasteiger partial charge in [-0.25, -0.2) is 18.5 Å². The lowest BCUT2D eigenvalue weighted by molar-refractivity contribution is -0.140. The summed E-state index contributed by atoms with van der Waals surface area (Å²) in [6.45, 7) is 1.34. The van der Waals surface area contributed by atoms with Crippen molar-refractivity contribution < 1.29 is 22.7 Å². The molecule has 8 nitrogen and oxygen atoms in total. The van der Waals surface area contributed by atoms with Crippen LogP contribution < -0.4 is 10.0 Å². The number of esters is 1. The number of sulfonamides is 1. The van der Waals surface area contributed by atoms with E-state index in [9.17, 15) is 13.2 Å². The van der Waals surface area contributed by atoms with Crippen LogP contribution in [0.15, 0.2) is 23.2 Å². The molecule has 0 saturated heterocycles. The van der Waals surface area contributed by atoms with Crippen molar-refractivity contribution in [3.63, 3.8) is 0 Å². The molecule has 0 atom stereocenters. The van der Waals surface area contributed by atoms with Gasteiger partial charge in [0.15, 0.2) is 0 Å². The molecular weight excluding hydrogens is 298 g/mol. The third-order valence-electron chi connectivity index (χ3n) is 2.75. The number of carbonyl (C=O) groups is 1. The van der Waals surface area contributed by atoms with Crippen molar-refractivity contribution in [2.24, 2.45) is 5.14 Å². The van der Waals surface area contributed by atoms with Gasteiger partial charge in [-0.1, -0.05) is 0 Å². The summed E-state index contributed by atoms with van der Waals surface area (Å²) in [7, 11) is -0.886. The molecule has 0 saturated carbocycles. The Kier molecular flexibility index (Phi) is 6.53. The Balaban J connectivity index is 2.84. The zero-order valence-corrected chi connectivity index (χ0v) is 12.8. The SMILES string of the molecule is COCCN(CCC(=O)OC)c1ccc(S(N)(=O)=O)cn1. The summed E-state index contributed by atoms with van der Waals surface area (Å²) < 4.78 is 32.0. The zero-order chi connectivity index (χ0) is 15.9. The maximum Gasteiger partial charge on any atom is 0.307 e. The first-order valence-electron chi connectivity index (χ1n) is 6.18. The molecule has 118 valence electrons. The molecule has 0 radical (unpaired) electrons. The highest BCUT2D eigenvalue weighted by atomic mass is 32.2. The Morgan fingerprint density at radius 3 is 2.52 bits per heavy atom. The van der Waals surface area contributed by atoms with E-state index in [1.807, 2.05) is 0 Å². The number of ether oxygens (including phenoxy) is 2. The second-order valence-electron chi connectivity index (χ2n) is 4.20. The highest BCUT2D eigenvalue weighted by Gasteiger charge is 2.13. The lowest BCUT2D eigenvalue weighted by Gasteiger charge is -2.22. The third-order valence-corrected chi connectivity index (χ3v) is 3.65. The van der Waals surface area contributed by atoms with Gasteiger partial charge in [-0.2, -0.15) is 0 Å². The fraction of sp³-hybridized carbons (Fsp3) is 0.500. The van der Waals surface area contributed by atoms with Crippen LogP contribution in [0.2, 0.25) is 0 Å². The van der Waals surface area contributed by atoms with E-state index in [1.165, 1.54) is 25.4 Å². The largest absolute Gasteiger partial charge is 0.469 e. The van der Waals surface area contributed by atoms with Crippen molar-refractivity contribution in [1.82, 2.24) is 4.98 Å². The monoisotopic (exact) mass is 317 g/mol. The van der Waals surface area contributed by atoms with Crippen molar-refractivity contribution in [3.05, 3.63) is 18.3 Å². The van der Waals surface area contributed by atoms with Crippen LogP contribution >= 0.6 is 0 Å². The number of rotatable bonds is 8. The van der Waals surface area contributed by atoms with Crippen molar-refractivity contribution in [3.8, 4) is 0 Å². The van der Waals surface area contributed by atoms with Gasteiger partial charge in [-0.15, -0.1) is 0 Å². The smallest absolute Gasteiger partial charge is 0.307 e. The minimum Gasteiger partial charge on any atom is -0.469 e. The van der Waals surface area contributed by atoms with Gasteiger partial charge in [0.2, 0.25) is 10.0 Å². The molecule has 1 heterocycles. The first kappa shape index (κ1) is 17.3. The molecule has 0 spiro atoms. The highest BCUT2D eigenvalue weighted by molar-refractivity contribution is 7.89. The molecule has 1 rings (SSSR count). The lowest BCUT2D eigenvalue weighted by atomic mass is 10.3. The van der Waals surface area contributed by atoms with Gasteiger partial charge < -0.3 is 14.4 Å². The Bertz CT molecular complexity index is 559. The van der Waals surface area contributed by atoms with Crippen LogP contribution in [0.1, 0.15) is 6.42 Å². The highest BCUT2D eigenvalue weighted by Crippen LogP contribution is 2.14. The van der Waals surface area contributed by atoms with Crippen LogP contribution in [-0.2, 0) is 24.3 Å². The quantitative estimate of drug-likeness (QED) is 0.658. The maximum absolute atomic E-state index is 11.2. The third kappa shape index (κ3) is 5.66. The summed E-state index contributed by atoms with van der Waals surface area (Å²) >= 11 is 0. The summed E-state index contributed by atoms with van der Waals surface area (Å²) in [5.41, 5.74) is 0. The van der Waals surface area contributed by atoms with E-state index in [4.69, 9.17) is 9.88 Å². The van der Waals surface area contributed by atoms with Gasteiger partial charge in [-0.3, -0.25) is 4.79 Å². The van der Waals surface area contributed by atoms with E-state index < -0.39 is 10.0 Å². The minimum atomic E-state index is -3.77. The number of anilines is 1. The van der Waals surface area contributed by atoms with Crippen LogP contribution in [0.5, 0.6) is 0 Å². The Morgan fingerprint density at radius 1 is 1.33 bits per heavy atom. The van der Waals surface area contributed by atoms with Crippen molar-refractivity contribution >= 4 is 21.8 Å². The Labute approximate surface area is 123 Å². The number of nitrogens with two attached hydrogens (primary N) is 1. The van der Waals surface area contributed by atoms with E-state index >= 15 is 0 Å². The fourth-order valence-corrected chi connectivity index (χ4v) is 2.06. The molecule has 1 aromatic heterocycles. The average molecular weight is 317 g/mol. The van der Waals surface area contributed by atoms with E-state index in [1.54, 1.807) is 12.0 Å². The van der Waals surface area contributed by atoms with Crippen molar-refractivity contribution in [2.75, 3.05) is 38.8 Å². The Morgan fingerprint density at radius 2 is 2.05 bits per heavy atom. The fourth-order valence-electron chi connectivity index (χ4n) is 1.60. The number of nitrogens with zero attached hydrogens (tertiary/aromatic N) is 2. The van der Waals surface area contributed by atoms with Crippen molar-refractivity contribution in [2.45, 2.75) is 11.3 Å². The summed E-state index contributed by atoms with van der Waals surface area (Å²) in [5, 5.41) is 5.02. The number of pyridine rings is 1. The molecule has 0 aliphatic rings. The van der Waals surface area contributed by atoms with Crippen LogP contribution in [0.4, 0.5) is 5.82 Å². The topological polar surface area (TPSA) is 112 Å². The summed E-state index contributed by atoms with van der Waals surface area (Å²) in [4.78, 5) is 17.0. The van der Waals surface area contributed by atoms with Gasteiger partial charge in [0.1, 0.15) is 10.7 Å². The number of carbonyl (C=O) groups excluding carboxylic acids is 1. The van der Waals surface area contributed by atoms with E-state index in [0.29, 0.717) is 25.5 Å². The second kappa shape index (κ2) is 7.91. The lowest BCUT2D eigenvalue weighted by Crippen LogP contribution is -2.30. The maximum atomic E-state index is 11.2. The number of hydrogen-bond donors (Lipinski definition) is 1. The summed E-state index contributed by atoms with van der Waals surface area (Å²) in [6.07, 6.45) is 1.38. The normalized spacial score (nSPS) is 11.2. The molecule has 9 heteroatoms. The van der Waals surface area contributed by atoms with Crippen LogP contribution in [0.25, 0.3) is 0 Å². The van der Waals surface area contributed by atoms with Gasteiger partial charge in [-0.05, 0) is 12.1 Å². The minimum absolute atomic E-state index is 0.0640. The second-order valence-corrected chi connectivity index (χ2v) is 5.76. The number of primary sulfonamides is 1. The van der Waals surface area contributed by atoms with E-state index in [2.05, 4.69) is 9.72 Å². The molecule has 0 aromatic carbocycles. The van der Waals surface area contributed by atoms with Crippen LogP contribution in [0, 0.1) is 0 Å². The zero-order valence-electron chi connectivity index (χ0n) is 12.0. The molecular formula is C12H19N3O5S. The summed E-state index contributed by atoms with van der Waals surface area (Å²) in [6, 6.07) is 2.91. The molecule has 0 bridgehead atoms. The van der Waals surface area contributed by atoms with Gasteiger partial charge >= 0.3 is 5.97 Å². The number of hydrogen-bond acceptors (Lipinski definition) is 7. The molecule has 0 unspecified atom stereocenters. The predicted octanol–water partition coefficient (Wildman–Crippen LogP) is -0.255. The van der Waals surface area contributed by atoms with Crippen molar-refractivity contribution in [1.29, 1.82) is 0 Å². The number of aromatic nitrogens is 1. The molecule has 0 aliphatic heterocycles. The van der Waals surface area contributed by atoms with E-state index in [-0.39, 0.29) is 17.3 Å². The van der Waals surface area contributed by atoms with Crippen LogP contribution in [0.3, 0.4) is 0 Å². The standard InChI is InChI=1S/C12H19N3O5S/c1-19-8-7-15(6-5-12(16)20-2)11-4-3-10(9-14-11)21(13,17)18/h3-4,9H,5-8H2,1-2H3,(H2,13,17,18). The first-order valence-corrected chi connectivity index (χ1v) is 7.72. The van der Waals surface area contributed by atoms with E-state index in [0.717, 1.165) is 0 Å². The summed E-state index contributed by atoms with van der Waals surface area (Å²) in [5.74, 6) is 0.196. The molecule has 0 amide bonds. The van der Waals surface area contributed by atoms with Gasteiger partial charge in [0.25, 0.3) is 0 Å². The average Bonchev–Trinajstić information content (AvgIpc) is 2.46. The number of methoxy groups -OCH3 is 2. The van der Waals surface area contributed by atoms with Gasteiger partial charge in [0, 0.05) is 26.4 Å². The first-order chi connectivity index (χ1) is 9.88. The predicted molar refractivity (Wildman–Crippen MR) is 76.3 cm³/mol. The Hall–Kier alpha value is -1.71. The molecule has 0 fully saturated rings. The van der Waals surface area contributed by atoms with Crippen LogP contribution in [-0.4, -0.2) is 53.3 Å². The molecule has 2 N–H and O–H groups in total. The molecule has 1 aromatic rings. The molecule has 21 heavy (non-hydrogen) atoms.